The molecule has 0 aliphatic heterocycles. The van der Waals surface area contributed by atoms with Crippen LogP contribution in [0.15, 0.2) is 0 Å². The van der Waals surface area contributed by atoms with Crippen molar-refractivity contribution in [1.29, 1.82) is 0 Å². The number of ether oxygens (including phenoxy) is 3. The summed E-state index contributed by atoms with van der Waals surface area (Å²) in [6.07, 6.45) is -0.167. The lowest BCUT2D eigenvalue weighted by Crippen LogP contribution is -2.21. The summed E-state index contributed by atoms with van der Waals surface area (Å²) >= 11 is 0. The Morgan fingerprint density at radius 2 is 1.69 bits per heavy atom. The summed E-state index contributed by atoms with van der Waals surface area (Å²) in [4.78, 5) is 0. The van der Waals surface area contributed by atoms with E-state index in [2.05, 4.69) is 0 Å². The molecule has 0 heterocycles. The van der Waals surface area contributed by atoms with E-state index >= 15 is 0 Å². The monoisotopic (exact) mass is 194 g/mol. The Labute approximate surface area is 80.8 Å². The first-order valence-electron chi connectivity index (χ1n) is 4.47. The smallest absolute Gasteiger partial charge is 0.103 e. The Hall–Kier alpha value is -0.160. The molecule has 0 bridgehead atoms. The van der Waals surface area contributed by atoms with E-state index in [0.717, 1.165) is 13.2 Å². The summed E-state index contributed by atoms with van der Waals surface area (Å²) in [5, 5.41) is 8.45. The molecular formula is C9H22O4. The summed E-state index contributed by atoms with van der Waals surface area (Å²) in [6, 6.07) is 0. The standard InChI is InChI=1S/C5H12O3.C4H10O/c1-7-4-5(3-6)8-2;1-3-5-4-2/h5-6H,3-4H2,1-2H3;3-4H2,1-2H3. The van der Waals surface area contributed by atoms with Gasteiger partial charge >= 0.3 is 0 Å². The van der Waals surface area contributed by atoms with Crippen molar-refractivity contribution in [3.8, 4) is 0 Å². The zero-order valence-corrected chi connectivity index (χ0v) is 9.08. The number of methoxy groups -OCH3 is 2. The second-order valence-corrected chi connectivity index (χ2v) is 2.28. The fraction of sp³-hybridized carbons (Fsp3) is 1.00. The zero-order valence-electron chi connectivity index (χ0n) is 9.08. The molecule has 0 saturated heterocycles. The third kappa shape index (κ3) is 14.7. The van der Waals surface area contributed by atoms with Crippen molar-refractivity contribution in [2.75, 3.05) is 40.6 Å². The zero-order chi connectivity index (χ0) is 10.5. The highest BCUT2D eigenvalue weighted by molar-refractivity contribution is 4.49. The maximum atomic E-state index is 8.45. The van der Waals surface area contributed by atoms with Crippen LogP contribution in [0.5, 0.6) is 0 Å². The van der Waals surface area contributed by atoms with Gasteiger partial charge in [0, 0.05) is 27.4 Å². The van der Waals surface area contributed by atoms with Crippen LogP contribution in [-0.2, 0) is 14.2 Å². The van der Waals surface area contributed by atoms with Gasteiger partial charge in [0.2, 0.25) is 0 Å². The van der Waals surface area contributed by atoms with E-state index < -0.39 is 0 Å². The van der Waals surface area contributed by atoms with Gasteiger partial charge in [0.1, 0.15) is 6.10 Å². The molecule has 0 amide bonds. The molecular weight excluding hydrogens is 172 g/mol. The van der Waals surface area contributed by atoms with E-state index in [-0.39, 0.29) is 12.7 Å². The summed E-state index contributed by atoms with van der Waals surface area (Å²) in [5.74, 6) is 0. The molecule has 1 atom stereocenters. The van der Waals surface area contributed by atoms with Gasteiger partial charge in [-0.2, -0.15) is 0 Å². The van der Waals surface area contributed by atoms with Gasteiger partial charge in [0.05, 0.1) is 13.2 Å². The van der Waals surface area contributed by atoms with Crippen molar-refractivity contribution in [1.82, 2.24) is 0 Å². The number of aliphatic hydroxyl groups excluding tert-OH is 1. The predicted octanol–water partition coefficient (Wildman–Crippen LogP) is 0.683. The molecule has 82 valence electrons. The predicted molar refractivity (Wildman–Crippen MR) is 51.9 cm³/mol. The highest BCUT2D eigenvalue weighted by Crippen LogP contribution is 1.86. The van der Waals surface area contributed by atoms with E-state index in [0.29, 0.717) is 6.61 Å². The maximum absolute atomic E-state index is 8.45. The van der Waals surface area contributed by atoms with Crippen LogP contribution in [0.3, 0.4) is 0 Å². The van der Waals surface area contributed by atoms with Crippen LogP contribution in [0.4, 0.5) is 0 Å². The van der Waals surface area contributed by atoms with Gasteiger partial charge in [0.25, 0.3) is 0 Å². The topological polar surface area (TPSA) is 47.9 Å². The molecule has 4 nitrogen and oxygen atoms in total. The first-order chi connectivity index (χ1) is 6.26. The van der Waals surface area contributed by atoms with Gasteiger partial charge in [-0.1, -0.05) is 0 Å². The maximum Gasteiger partial charge on any atom is 0.103 e. The third-order valence-electron chi connectivity index (χ3n) is 1.30. The van der Waals surface area contributed by atoms with Crippen LogP contribution < -0.4 is 0 Å². The van der Waals surface area contributed by atoms with Gasteiger partial charge in [-0.15, -0.1) is 0 Å². The minimum Gasteiger partial charge on any atom is -0.394 e. The van der Waals surface area contributed by atoms with Crippen molar-refractivity contribution in [3.63, 3.8) is 0 Å². The fourth-order valence-electron chi connectivity index (χ4n) is 0.585. The van der Waals surface area contributed by atoms with Crippen LogP contribution in [-0.4, -0.2) is 51.9 Å². The van der Waals surface area contributed by atoms with Crippen LogP contribution in [0.25, 0.3) is 0 Å². The number of hydrogen-bond donors (Lipinski definition) is 1. The molecule has 13 heavy (non-hydrogen) atoms. The quantitative estimate of drug-likeness (QED) is 0.675. The van der Waals surface area contributed by atoms with Gasteiger partial charge in [-0.3, -0.25) is 0 Å². The van der Waals surface area contributed by atoms with E-state index in [1.807, 2.05) is 13.8 Å². The van der Waals surface area contributed by atoms with E-state index in [1.165, 1.54) is 0 Å². The lowest BCUT2D eigenvalue weighted by atomic mass is 10.4. The first kappa shape index (κ1) is 15.3. The number of aliphatic hydroxyl groups is 1. The largest absolute Gasteiger partial charge is 0.394 e. The van der Waals surface area contributed by atoms with Gasteiger partial charge in [-0.05, 0) is 13.8 Å². The van der Waals surface area contributed by atoms with E-state index in [4.69, 9.17) is 19.3 Å². The lowest BCUT2D eigenvalue weighted by Gasteiger charge is -2.08. The van der Waals surface area contributed by atoms with Crippen LogP contribution in [0.2, 0.25) is 0 Å². The number of hydrogen-bond acceptors (Lipinski definition) is 4. The highest BCUT2D eigenvalue weighted by atomic mass is 16.5. The van der Waals surface area contributed by atoms with Crippen LogP contribution in [0, 0.1) is 0 Å². The summed E-state index contributed by atoms with van der Waals surface area (Å²) in [6.45, 7) is 6.14. The Kier molecular flexibility index (Phi) is 16.9. The van der Waals surface area contributed by atoms with Crippen molar-refractivity contribution >= 4 is 0 Å². The fourth-order valence-corrected chi connectivity index (χ4v) is 0.585. The molecule has 4 heteroatoms. The average molecular weight is 194 g/mol. The first-order valence-corrected chi connectivity index (χ1v) is 4.47. The molecule has 1 N–H and O–H groups in total. The normalized spacial score (nSPS) is 11.8. The summed E-state index contributed by atoms with van der Waals surface area (Å²) in [5.41, 5.74) is 0. The molecule has 0 radical (unpaired) electrons. The van der Waals surface area contributed by atoms with E-state index in [9.17, 15) is 0 Å². The van der Waals surface area contributed by atoms with E-state index in [1.54, 1.807) is 14.2 Å². The molecule has 1 unspecified atom stereocenters. The minimum atomic E-state index is -0.167. The molecule has 0 saturated carbocycles. The lowest BCUT2D eigenvalue weighted by molar-refractivity contribution is -0.00534. The summed E-state index contributed by atoms with van der Waals surface area (Å²) in [7, 11) is 3.11. The molecule has 0 fully saturated rings. The SMILES string of the molecule is CCOCC.COCC(CO)OC. The third-order valence-corrected chi connectivity index (χ3v) is 1.30. The van der Waals surface area contributed by atoms with Crippen LogP contribution in [0.1, 0.15) is 13.8 Å². The van der Waals surface area contributed by atoms with Crippen molar-refractivity contribution in [2.24, 2.45) is 0 Å². The average Bonchev–Trinajstić information content (AvgIpc) is 2.16. The molecule has 0 spiro atoms. The summed E-state index contributed by atoms with van der Waals surface area (Å²) < 4.78 is 14.3. The Morgan fingerprint density at radius 1 is 1.15 bits per heavy atom. The molecule has 0 aromatic heterocycles. The molecule has 0 rings (SSSR count). The molecule has 0 aromatic rings. The number of rotatable bonds is 6. The van der Waals surface area contributed by atoms with Crippen molar-refractivity contribution in [3.05, 3.63) is 0 Å². The van der Waals surface area contributed by atoms with Gasteiger partial charge in [0.15, 0.2) is 0 Å². The Balaban J connectivity index is 0. The van der Waals surface area contributed by atoms with Crippen molar-refractivity contribution in [2.45, 2.75) is 20.0 Å². The Bertz CT molecular complexity index is 72.0. The van der Waals surface area contributed by atoms with Gasteiger partial charge < -0.3 is 19.3 Å². The van der Waals surface area contributed by atoms with Gasteiger partial charge in [-0.25, -0.2) is 0 Å². The highest BCUT2D eigenvalue weighted by Gasteiger charge is 2.01. The Morgan fingerprint density at radius 3 is 1.77 bits per heavy atom. The van der Waals surface area contributed by atoms with Crippen LogP contribution >= 0.6 is 0 Å². The second kappa shape index (κ2) is 14.4. The van der Waals surface area contributed by atoms with Crippen molar-refractivity contribution < 1.29 is 19.3 Å². The second-order valence-electron chi connectivity index (χ2n) is 2.28. The molecule has 0 aliphatic rings. The molecule has 0 aliphatic carbocycles. The minimum absolute atomic E-state index is 0.0182. The molecule has 0 aromatic carbocycles.